The fraction of sp³-hybridized carbons (Fsp3) is 0.667. The third-order valence-electron chi connectivity index (χ3n) is 1.56. The largest absolute Gasteiger partial charge is 0.354 e. The lowest BCUT2D eigenvalue weighted by Gasteiger charge is -2.21. The van der Waals surface area contributed by atoms with Crippen molar-refractivity contribution in [3.63, 3.8) is 0 Å². The van der Waals surface area contributed by atoms with Crippen molar-refractivity contribution in [2.75, 3.05) is 14.2 Å². The van der Waals surface area contributed by atoms with E-state index >= 15 is 0 Å². The summed E-state index contributed by atoms with van der Waals surface area (Å²) in [7, 11) is 3.07. The van der Waals surface area contributed by atoms with Gasteiger partial charge in [-0.25, -0.2) is 0 Å². The van der Waals surface area contributed by atoms with Crippen LogP contribution in [-0.4, -0.2) is 32.5 Å². The number of allylic oxidation sites excluding steroid dienone is 1. The standard InChI is InChI=1S/C9H17NO3/c1-5-6-8(11)10-7(2)9(12-3)13-4/h5-7,9H,1-4H3,(H,10,11). The van der Waals surface area contributed by atoms with E-state index in [1.807, 2.05) is 6.92 Å². The molecule has 0 spiro atoms. The van der Waals surface area contributed by atoms with Gasteiger partial charge < -0.3 is 14.8 Å². The summed E-state index contributed by atoms with van der Waals surface area (Å²) in [5.41, 5.74) is 0. The maximum absolute atomic E-state index is 11.1. The molecular weight excluding hydrogens is 170 g/mol. The number of carbonyl (C=O) groups is 1. The third-order valence-corrected chi connectivity index (χ3v) is 1.56. The first kappa shape index (κ1) is 12.1. The van der Waals surface area contributed by atoms with Gasteiger partial charge in [0, 0.05) is 14.2 Å². The molecule has 0 bridgehead atoms. The summed E-state index contributed by atoms with van der Waals surface area (Å²) in [5, 5.41) is 2.71. The van der Waals surface area contributed by atoms with Crippen LogP contribution in [-0.2, 0) is 14.3 Å². The molecule has 0 radical (unpaired) electrons. The normalized spacial score (nSPS) is 13.6. The van der Waals surface area contributed by atoms with E-state index in [1.54, 1.807) is 13.0 Å². The predicted molar refractivity (Wildman–Crippen MR) is 50.2 cm³/mol. The van der Waals surface area contributed by atoms with Gasteiger partial charge in [-0.15, -0.1) is 0 Å². The van der Waals surface area contributed by atoms with Crippen LogP contribution in [0.15, 0.2) is 12.2 Å². The highest BCUT2D eigenvalue weighted by Crippen LogP contribution is 1.98. The molecule has 0 aliphatic carbocycles. The summed E-state index contributed by atoms with van der Waals surface area (Å²) in [6, 6.07) is -0.168. The molecule has 0 aromatic rings. The van der Waals surface area contributed by atoms with Crippen LogP contribution in [0.5, 0.6) is 0 Å². The van der Waals surface area contributed by atoms with Crippen molar-refractivity contribution in [2.45, 2.75) is 26.2 Å². The molecule has 1 N–H and O–H groups in total. The Morgan fingerprint density at radius 3 is 2.31 bits per heavy atom. The maximum atomic E-state index is 11.1. The van der Waals surface area contributed by atoms with Gasteiger partial charge in [-0.05, 0) is 19.9 Å². The minimum absolute atomic E-state index is 0.144. The van der Waals surface area contributed by atoms with Crippen LogP contribution in [0.2, 0.25) is 0 Å². The van der Waals surface area contributed by atoms with Crippen molar-refractivity contribution in [1.29, 1.82) is 0 Å². The number of hydrogen-bond donors (Lipinski definition) is 1. The van der Waals surface area contributed by atoms with Crippen LogP contribution in [0, 0.1) is 0 Å². The molecule has 0 aliphatic heterocycles. The Balaban J connectivity index is 3.97. The van der Waals surface area contributed by atoms with Crippen LogP contribution in [0.4, 0.5) is 0 Å². The first-order valence-corrected chi connectivity index (χ1v) is 4.14. The summed E-state index contributed by atoms with van der Waals surface area (Å²) >= 11 is 0. The molecule has 76 valence electrons. The van der Waals surface area contributed by atoms with E-state index in [9.17, 15) is 4.79 Å². The Labute approximate surface area is 78.9 Å². The first-order valence-electron chi connectivity index (χ1n) is 4.14. The molecule has 0 aromatic heterocycles. The molecule has 1 atom stereocenters. The molecule has 1 unspecified atom stereocenters. The van der Waals surface area contributed by atoms with E-state index in [0.29, 0.717) is 0 Å². The fourth-order valence-corrected chi connectivity index (χ4v) is 0.996. The smallest absolute Gasteiger partial charge is 0.244 e. The van der Waals surface area contributed by atoms with E-state index in [4.69, 9.17) is 9.47 Å². The van der Waals surface area contributed by atoms with E-state index in [1.165, 1.54) is 20.3 Å². The number of nitrogens with one attached hydrogen (secondary N) is 1. The molecule has 0 fully saturated rings. The van der Waals surface area contributed by atoms with Crippen LogP contribution in [0.1, 0.15) is 13.8 Å². The van der Waals surface area contributed by atoms with E-state index in [0.717, 1.165) is 0 Å². The molecular formula is C9H17NO3. The molecule has 0 rings (SSSR count). The summed E-state index contributed by atoms with van der Waals surface area (Å²) in [5.74, 6) is -0.144. The average molecular weight is 187 g/mol. The highest BCUT2D eigenvalue weighted by atomic mass is 16.7. The molecule has 4 heteroatoms. The Hall–Kier alpha value is -0.870. The molecule has 4 nitrogen and oxygen atoms in total. The highest BCUT2D eigenvalue weighted by Gasteiger charge is 2.16. The van der Waals surface area contributed by atoms with Gasteiger partial charge >= 0.3 is 0 Å². The van der Waals surface area contributed by atoms with Gasteiger partial charge in [0.15, 0.2) is 6.29 Å². The lowest BCUT2D eigenvalue weighted by Crippen LogP contribution is -2.42. The zero-order chi connectivity index (χ0) is 10.3. The van der Waals surface area contributed by atoms with Gasteiger partial charge in [-0.3, -0.25) is 4.79 Å². The van der Waals surface area contributed by atoms with Crippen LogP contribution in [0.25, 0.3) is 0 Å². The number of rotatable bonds is 5. The lowest BCUT2D eigenvalue weighted by atomic mass is 10.3. The van der Waals surface area contributed by atoms with Crippen molar-refractivity contribution in [1.82, 2.24) is 5.32 Å². The van der Waals surface area contributed by atoms with Gasteiger partial charge in [0.05, 0.1) is 6.04 Å². The minimum atomic E-state index is -0.408. The molecule has 13 heavy (non-hydrogen) atoms. The van der Waals surface area contributed by atoms with Gasteiger partial charge in [0.25, 0.3) is 0 Å². The number of hydrogen-bond acceptors (Lipinski definition) is 3. The first-order chi connectivity index (χ1) is 6.15. The van der Waals surface area contributed by atoms with Gasteiger partial charge in [0.1, 0.15) is 0 Å². The third kappa shape index (κ3) is 4.65. The summed E-state index contributed by atoms with van der Waals surface area (Å²) < 4.78 is 9.96. The van der Waals surface area contributed by atoms with Gasteiger partial charge in [-0.2, -0.15) is 0 Å². The monoisotopic (exact) mass is 187 g/mol. The van der Waals surface area contributed by atoms with E-state index < -0.39 is 6.29 Å². The predicted octanol–water partition coefficient (Wildman–Crippen LogP) is 0.686. The Morgan fingerprint density at radius 2 is 1.92 bits per heavy atom. The van der Waals surface area contributed by atoms with Crippen LogP contribution < -0.4 is 5.32 Å². The quantitative estimate of drug-likeness (QED) is 0.508. The Kier molecular flexibility index (Phi) is 6.18. The molecule has 0 saturated heterocycles. The fourth-order valence-electron chi connectivity index (χ4n) is 0.996. The average Bonchev–Trinajstić information content (AvgIpc) is 2.06. The zero-order valence-electron chi connectivity index (χ0n) is 8.53. The van der Waals surface area contributed by atoms with Crippen LogP contribution in [0.3, 0.4) is 0 Å². The number of amides is 1. The Bertz CT molecular complexity index is 176. The second-order valence-electron chi connectivity index (χ2n) is 2.64. The van der Waals surface area contributed by atoms with Crippen molar-refractivity contribution in [2.24, 2.45) is 0 Å². The molecule has 0 aromatic carbocycles. The van der Waals surface area contributed by atoms with Crippen molar-refractivity contribution in [3.8, 4) is 0 Å². The summed E-state index contributed by atoms with van der Waals surface area (Å²) in [6.07, 6.45) is 2.73. The second-order valence-corrected chi connectivity index (χ2v) is 2.64. The maximum Gasteiger partial charge on any atom is 0.244 e. The zero-order valence-corrected chi connectivity index (χ0v) is 8.53. The number of methoxy groups -OCH3 is 2. The van der Waals surface area contributed by atoms with Crippen molar-refractivity contribution < 1.29 is 14.3 Å². The van der Waals surface area contributed by atoms with Crippen LogP contribution >= 0.6 is 0 Å². The van der Waals surface area contributed by atoms with E-state index in [2.05, 4.69) is 5.32 Å². The summed E-state index contributed by atoms with van der Waals surface area (Å²) in [6.45, 7) is 3.60. The van der Waals surface area contributed by atoms with Crippen molar-refractivity contribution in [3.05, 3.63) is 12.2 Å². The number of carbonyl (C=O) groups excluding carboxylic acids is 1. The molecule has 1 amide bonds. The molecule has 0 aliphatic rings. The van der Waals surface area contributed by atoms with Crippen molar-refractivity contribution >= 4 is 5.91 Å². The van der Waals surface area contributed by atoms with Gasteiger partial charge in [-0.1, -0.05) is 6.08 Å². The lowest BCUT2D eigenvalue weighted by molar-refractivity contribution is -0.132. The highest BCUT2D eigenvalue weighted by molar-refractivity contribution is 5.87. The topological polar surface area (TPSA) is 47.6 Å². The Morgan fingerprint density at radius 1 is 1.38 bits per heavy atom. The minimum Gasteiger partial charge on any atom is -0.354 e. The molecule has 0 saturated carbocycles. The SMILES string of the molecule is CC=CC(=O)NC(C)C(OC)OC. The second kappa shape index (κ2) is 6.62. The summed E-state index contributed by atoms with van der Waals surface area (Å²) in [4.78, 5) is 11.1. The van der Waals surface area contributed by atoms with E-state index in [-0.39, 0.29) is 11.9 Å². The van der Waals surface area contributed by atoms with Gasteiger partial charge in [0.2, 0.25) is 5.91 Å². The molecule has 0 heterocycles. The number of ether oxygens (including phenoxy) is 2.